The van der Waals surface area contributed by atoms with Gasteiger partial charge in [0, 0.05) is 19.1 Å². The number of ether oxygens (including phenoxy) is 2. The first-order valence-electron chi connectivity index (χ1n) is 12.0. The van der Waals surface area contributed by atoms with Crippen molar-refractivity contribution in [1.29, 1.82) is 0 Å². The topological polar surface area (TPSA) is 56.6 Å². The Morgan fingerprint density at radius 1 is 1.21 bits per heavy atom. The highest BCUT2D eigenvalue weighted by molar-refractivity contribution is 5.78. The number of aryl methyl sites for hydroxylation is 1. The highest BCUT2D eigenvalue weighted by atomic mass is 19.1. The van der Waals surface area contributed by atoms with Crippen LogP contribution in [0.3, 0.4) is 0 Å². The van der Waals surface area contributed by atoms with E-state index in [9.17, 15) is 9.18 Å². The van der Waals surface area contributed by atoms with Crippen LogP contribution in [-0.2, 0) is 22.5 Å². The number of benzene rings is 2. The summed E-state index contributed by atoms with van der Waals surface area (Å²) < 4.78 is 27.4. The first-order chi connectivity index (χ1) is 16.5. The number of rotatable bonds is 9. The minimum absolute atomic E-state index is 0.0402. The van der Waals surface area contributed by atoms with Gasteiger partial charge >= 0.3 is 0 Å². The molecular weight excluding hydrogens is 433 g/mol. The molecule has 0 spiro atoms. The van der Waals surface area contributed by atoms with Gasteiger partial charge in [-0.15, -0.1) is 0 Å². The highest BCUT2D eigenvalue weighted by Gasteiger charge is 2.28. The number of carbonyl (C=O) groups is 1. The molecule has 1 amide bonds. The van der Waals surface area contributed by atoms with Crippen LogP contribution in [0.5, 0.6) is 11.6 Å². The van der Waals surface area contributed by atoms with Crippen LogP contribution in [0.2, 0.25) is 0 Å². The molecule has 4 rings (SSSR count). The van der Waals surface area contributed by atoms with Crippen molar-refractivity contribution in [1.82, 2.24) is 14.7 Å². The minimum Gasteiger partial charge on any atom is -0.439 e. The molecule has 6 nitrogen and oxygen atoms in total. The van der Waals surface area contributed by atoms with Crippen LogP contribution < -0.4 is 4.74 Å². The maximum Gasteiger partial charge on any atom is 0.227 e. The van der Waals surface area contributed by atoms with Crippen LogP contribution in [0, 0.1) is 11.7 Å². The van der Waals surface area contributed by atoms with E-state index in [1.54, 1.807) is 16.8 Å². The normalized spacial score (nSPS) is 15.6. The molecule has 34 heavy (non-hydrogen) atoms. The molecular formula is C27H32FN3O3. The van der Waals surface area contributed by atoms with Gasteiger partial charge in [0.1, 0.15) is 11.6 Å². The molecule has 1 atom stereocenters. The van der Waals surface area contributed by atoms with Crippen LogP contribution >= 0.6 is 0 Å². The Morgan fingerprint density at radius 2 is 1.94 bits per heavy atom. The third kappa shape index (κ3) is 5.47. The summed E-state index contributed by atoms with van der Waals surface area (Å²) in [6.07, 6.45) is 2.68. The standard InChI is InChI=1S/C27H32FN3O3/c1-4-25-24(18-30(26(32)19(2)3)17-23-11-8-16-33-23)27(34-22-14-12-20(28)13-15-22)31(29-25)21-9-6-5-7-10-21/h5-7,9-10,12-15,19,23H,4,8,11,16-18H2,1-3H3. The van der Waals surface area contributed by atoms with E-state index in [1.807, 2.05) is 56.0 Å². The second-order valence-corrected chi connectivity index (χ2v) is 8.90. The summed E-state index contributed by atoms with van der Waals surface area (Å²) in [6, 6.07) is 15.7. The molecule has 0 aliphatic carbocycles. The van der Waals surface area contributed by atoms with Crippen molar-refractivity contribution in [3.63, 3.8) is 0 Å². The second kappa shape index (κ2) is 10.8. The number of carbonyl (C=O) groups excluding carboxylic acids is 1. The van der Waals surface area contributed by atoms with Gasteiger partial charge in [-0.2, -0.15) is 5.10 Å². The summed E-state index contributed by atoms with van der Waals surface area (Å²) in [5.74, 6) is 0.630. The van der Waals surface area contributed by atoms with Gasteiger partial charge in [-0.05, 0) is 55.7 Å². The van der Waals surface area contributed by atoms with Crippen molar-refractivity contribution in [2.75, 3.05) is 13.2 Å². The Bertz CT molecular complexity index is 1090. The van der Waals surface area contributed by atoms with Crippen LogP contribution in [0.15, 0.2) is 54.6 Å². The number of amides is 1. The summed E-state index contributed by atoms with van der Waals surface area (Å²) in [5.41, 5.74) is 2.55. The Balaban J connectivity index is 1.76. The monoisotopic (exact) mass is 465 g/mol. The minimum atomic E-state index is -0.330. The largest absolute Gasteiger partial charge is 0.439 e. The summed E-state index contributed by atoms with van der Waals surface area (Å²) in [7, 11) is 0. The summed E-state index contributed by atoms with van der Waals surface area (Å²) in [4.78, 5) is 15.0. The van der Waals surface area contributed by atoms with E-state index in [0.717, 1.165) is 36.4 Å². The third-order valence-corrected chi connectivity index (χ3v) is 5.99. The van der Waals surface area contributed by atoms with E-state index in [1.165, 1.54) is 12.1 Å². The van der Waals surface area contributed by atoms with Gasteiger partial charge in [-0.1, -0.05) is 39.0 Å². The molecule has 1 saturated heterocycles. The fourth-order valence-electron chi connectivity index (χ4n) is 4.21. The average Bonchev–Trinajstić information content (AvgIpc) is 3.48. The first-order valence-corrected chi connectivity index (χ1v) is 12.0. The van der Waals surface area contributed by atoms with E-state index in [4.69, 9.17) is 14.6 Å². The molecule has 0 bridgehead atoms. The quantitative estimate of drug-likeness (QED) is 0.417. The predicted molar refractivity (Wildman–Crippen MR) is 129 cm³/mol. The molecule has 1 aliphatic rings. The molecule has 180 valence electrons. The van der Waals surface area contributed by atoms with Gasteiger partial charge in [-0.25, -0.2) is 9.07 Å². The lowest BCUT2D eigenvalue weighted by Crippen LogP contribution is -2.39. The molecule has 1 aliphatic heterocycles. The maximum absolute atomic E-state index is 13.5. The zero-order valence-corrected chi connectivity index (χ0v) is 20.0. The molecule has 1 unspecified atom stereocenters. The van der Waals surface area contributed by atoms with Gasteiger partial charge in [0.05, 0.1) is 29.6 Å². The van der Waals surface area contributed by atoms with Crippen molar-refractivity contribution in [2.45, 2.75) is 52.7 Å². The number of hydrogen-bond donors (Lipinski definition) is 0. The number of aromatic nitrogens is 2. The molecule has 1 aromatic heterocycles. The lowest BCUT2D eigenvalue weighted by Gasteiger charge is -2.27. The lowest BCUT2D eigenvalue weighted by molar-refractivity contribution is -0.136. The summed E-state index contributed by atoms with van der Waals surface area (Å²) in [5, 5.41) is 4.85. The van der Waals surface area contributed by atoms with Gasteiger partial charge in [0.2, 0.25) is 11.8 Å². The van der Waals surface area contributed by atoms with Crippen molar-refractivity contribution >= 4 is 5.91 Å². The lowest BCUT2D eigenvalue weighted by atomic mass is 10.1. The van der Waals surface area contributed by atoms with Gasteiger partial charge in [0.25, 0.3) is 0 Å². The number of para-hydroxylation sites is 1. The zero-order valence-electron chi connectivity index (χ0n) is 20.0. The zero-order chi connectivity index (χ0) is 24.1. The molecule has 2 aromatic carbocycles. The number of halogens is 1. The number of hydrogen-bond acceptors (Lipinski definition) is 4. The maximum atomic E-state index is 13.5. The smallest absolute Gasteiger partial charge is 0.227 e. The fourth-order valence-corrected chi connectivity index (χ4v) is 4.21. The molecule has 0 N–H and O–H groups in total. The van der Waals surface area contributed by atoms with Gasteiger partial charge in [-0.3, -0.25) is 4.79 Å². The van der Waals surface area contributed by atoms with E-state index in [-0.39, 0.29) is 23.7 Å². The molecule has 0 radical (unpaired) electrons. The molecule has 3 aromatic rings. The van der Waals surface area contributed by atoms with Crippen molar-refractivity contribution in [3.05, 3.63) is 71.7 Å². The molecule has 7 heteroatoms. The average molecular weight is 466 g/mol. The van der Waals surface area contributed by atoms with E-state index in [2.05, 4.69) is 0 Å². The second-order valence-electron chi connectivity index (χ2n) is 8.90. The van der Waals surface area contributed by atoms with Gasteiger partial charge < -0.3 is 14.4 Å². The van der Waals surface area contributed by atoms with Crippen LogP contribution in [0.4, 0.5) is 4.39 Å². The SMILES string of the molecule is CCc1nn(-c2ccccc2)c(Oc2ccc(F)cc2)c1CN(CC1CCCO1)C(=O)C(C)C. The highest BCUT2D eigenvalue weighted by Crippen LogP contribution is 2.33. The molecule has 2 heterocycles. The van der Waals surface area contributed by atoms with Crippen LogP contribution in [0.1, 0.15) is 44.9 Å². The molecule has 0 saturated carbocycles. The predicted octanol–water partition coefficient (Wildman–Crippen LogP) is 5.53. The molecule has 1 fully saturated rings. The Morgan fingerprint density at radius 3 is 2.56 bits per heavy atom. The van der Waals surface area contributed by atoms with Crippen LogP contribution in [0.25, 0.3) is 5.69 Å². The first kappa shape index (κ1) is 24.0. The van der Waals surface area contributed by atoms with Gasteiger partial charge in [0.15, 0.2) is 0 Å². The third-order valence-electron chi connectivity index (χ3n) is 5.99. The van der Waals surface area contributed by atoms with Crippen molar-refractivity contribution < 1.29 is 18.7 Å². The number of nitrogens with zero attached hydrogens (tertiary/aromatic N) is 3. The summed E-state index contributed by atoms with van der Waals surface area (Å²) in [6.45, 7) is 7.50. The van der Waals surface area contributed by atoms with E-state index < -0.39 is 0 Å². The van der Waals surface area contributed by atoms with Crippen LogP contribution in [-0.4, -0.2) is 39.8 Å². The van der Waals surface area contributed by atoms with Crippen molar-refractivity contribution in [3.8, 4) is 17.3 Å². The van der Waals surface area contributed by atoms with Crippen molar-refractivity contribution in [2.24, 2.45) is 5.92 Å². The fraction of sp³-hybridized carbons (Fsp3) is 0.407. The van der Waals surface area contributed by atoms with E-state index in [0.29, 0.717) is 31.1 Å². The Hall–Kier alpha value is -3.19. The summed E-state index contributed by atoms with van der Waals surface area (Å²) >= 11 is 0. The Kier molecular flexibility index (Phi) is 7.63. The Labute approximate surface area is 200 Å². The van der Waals surface area contributed by atoms with E-state index >= 15 is 0 Å².